The van der Waals surface area contributed by atoms with Gasteiger partial charge in [0.25, 0.3) is 0 Å². The number of halogens is 2. The maximum atomic E-state index is 13.2. The van der Waals surface area contributed by atoms with Crippen LogP contribution in [0.2, 0.25) is 10.0 Å². The normalized spacial score (nSPS) is 11.4. The summed E-state index contributed by atoms with van der Waals surface area (Å²) < 4.78 is 27.5. The van der Waals surface area contributed by atoms with E-state index in [9.17, 15) is 13.2 Å². The molecule has 0 saturated carbocycles. The van der Waals surface area contributed by atoms with Crippen molar-refractivity contribution in [3.05, 3.63) is 94.2 Å². The Morgan fingerprint density at radius 2 is 1.70 bits per heavy atom. The summed E-state index contributed by atoms with van der Waals surface area (Å²) >= 11 is 12.2. The van der Waals surface area contributed by atoms with Gasteiger partial charge in [0.15, 0.2) is 0 Å². The minimum absolute atomic E-state index is 0.0735. The Hall–Kier alpha value is -2.45. The predicted molar refractivity (Wildman–Crippen MR) is 117 cm³/mol. The van der Waals surface area contributed by atoms with Crippen LogP contribution in [0.5, 0.6) is 0 Å². The molecule has 1 amide bonds. The van der Waals surface area contributed by atoms with E-state index in [1.54, 1.807) is 54.9 Å². The lowest BCUT2D eigenvalue weighted by atomic mass is 10.2. The number of carbonyl (C=O) groups excluding carboxylic acids is 1. The lowest BCUT2D eigenvalue weighted by Gasteiger charge is -2.22. The summed E-state index contributed by atoms with van der Waals surface area (Å²) in [6.07, 6.45) is 3.24. The third kappa shape index (κ3) is 5.79. The van der Waals surface area contributed by atoms with Crippen LogP contribution in [0.15, 0.2) is 78.0 Å². The predicted octanol–water partition coefficient (Wildman–Crippen LogP) is 3.90. The fourth-order valence-electron chi connectivity index (χ4n) is 2.72. The fourth-order valence-corrected chi connectivity index (χ4v) is 4.59. The molecule has 156 valence electrons. The second kappa shape index (κ2) is 10.0. The van der Waals surface area contributed by atoms with Crippen molar-refractivity contribution in [2.45, 2.75) is 18.0 Å². The first-order valence-electron chi connectivity index (χ1n) is 9.01. The van der Waals surface area contributed by atoms with Crippen molar-refractivity contribution in [2.24, 2.45) is 0 Å². The Morgan fingerprint density at radius 3 is 2.37 bits per heavy atom. The number of sulfonamides is 1. The Labute approximate surface area is 185 Å². The topological polar surface area (TPSA) is 79.4 Å². The highest BCUT2D eigenvalue weighted by atomic mass is 35.5. The number of benzene rings is 2. The van der Waals surface area contributed by atoms with Crippen LogP contribution in [0, 0.1) is 0 Å². The summed E-state index contributed by atoms with van der Waals surface area (Å²) in [5.74, 6) is -0.434. The minimum atomic E-state index is -3.93. The zero-order valence-electron chi connectivity index (χ0n) is 15.8. The van der Waals surface area contributed by atoms with E-state index in [-0.39, 0.29) is 24.5 Å². The molecule has 3 rings (SSSR count). The number of nitrogens with one attached hydrogen (secondary N) is 1. The molecule has 0 radical (unpaired) electrons. The highest BCUT2D eigenvalue weighted by Gasteiger charge is 2.27. The van der Waals surface area contributed by atoms with Crippen LogP contribution in [0.25, 0.3) is 0 Å². The Morgan fingerprint density at radius 1 is 1.00 bits per heavy atom. The van der Waals surface area contributed by atoms with Gasteiger partial charge in [-0.15, -0.1) is 0 Å². The fraction of sp³-hybridized carbons (Fsp3) is 0.143. The lowest BCUT2D eigenvalue weighted by molar-refractivity contribution is -0.121. The van der Waals surface area contributed by atoms with Crippen LogP contribution in [-0.2, 0) is 27.9 Å². The second-order valence-electron chi connectivity index (χ2n) is 6.45. The highest BCUT2D eigenvalue weighted by molar-refractivity contribution is 7.89. The summed E-state index contributed by atoms with van der Waals surface area (Å²) in [7, 11) is -3.93. The van der Waals surface area contributed by atoms with Gasteiger partial charge in [0.05, 0.1) is 11.4 Å². The van der Waals surface area contributed by atoms with Crippen molar-refractivity contribution in [2.75, 3.05) is 6.54 Å². The third-order valence-electron chi connectivity index (χ3n) is 4.30. The van der Waals surface area contributed by atoms with Crippen molar-refractivity contribution >= 4 is 39.1 Å². The van der Waals surface area contributed by atoms with Gasteiger partial charge in [-0.25, -0.2) is 8.42 Å². The smallest absolute Gasteiger partial charge is 0.243 e. The zero-order valence-corrected chi connectivity index (χ0v) is 18.2. The Bertz CT molecular complexity index is 1110. The van der Waals surface area contributed by atoms with E-state index in [1.807, 2.05) is 0 Å². The number of hydrogen-bond donors (Lipinski definition) is 1. The molecule has 0 spiro atoms. The highest BCUT2D eigenvalue weighted by Crippen LogP contribution is 2.25. The molecule has 6 nitrogen and oxygen atoms in total. The second-order valence-corrected chi connectivity index (χ2v) is 9.24. The maximum absolute atomic E-state index is 13.2. The van der Waals surface area contributed by atoms with Crippen LogP contribution in [0.1, 0.15) is 11.1 Å². The van der Waals surface area contributed by atoms with Gasteiger partial charge in [-0.3, -0.25) is 9.78 Å². The van der Waals surface area contributed by atoms with Crippen LogP contribution < -0.4 is 5.32 Å². The van der Waals surface area contributed by atoms with Crippen molar-refractivity contribution in [3.63, 3.8) is 0 Å². The molecule has 0 fully saturated rings. The average molecular weight is 464 g/mol. The van der Waals surface area contributed by atoms with Gasteiger partial charge in [-0.2, -0.15) is 4.31 Å². The number of rotatable bonds is 8. The van der Waals surface area contributed by atoms with Crippen molar-refractivity contribution in [1.82, 2.24) is 14.6 Å². The third-order valence-corrected chi connectivity index (χ3v) is 6.69. The van der Waals surface area contributed by atoms with E-state index in [2.05, 4.69) is 10.3 Å². The molecule has 0 bridgehead atoms. The van der Waals surface area contributed by atoms with E-state index in [1.165, 1.54) is 18.2 Å². The molecule has 1 heterocycles. The number of amides is 1. The molecule has 9 heteroatoms. The van der Waals surface area contributed by atoms with E-state index in [0.717, 1.165) is 9.87 Å². The van der Waals surface area contributed by atoms with Crippen LogP contribution in [0.3, 0.4) is 0 Å². The number of carbonyl (C=O) groups is 1. The molecule has 3 aromatic rings. The van der Waals surface area contributed by atoms with Gasteiger partial charge >= 0.3 is 0 Å². The quantitative estimate of drug-likeness (QED) is 0.549. The van der Waals surface area contributed by atoms with Gasteiger partial charge < -0.3 is 5.32 Å². The largest absolute Gasteiger partial charge is 0.351 e. The van der Waals surface area contributed by atoms with Gasteiger partial charge in [-0.1, -0.05) is 47.5 Å². The molecule has 2 aromatic carbocycles. The van der Waals surface area contributed by atoms with Crippen LogP contribution in [-0.4, -0.2) is 30.2 Å². The van der Waals surface area contributed by atoms with Crippen molar-refractivity contribution in [3.8, 4) is 0 Å². The molecule has 1 aromatic heterocycles. The monoisotopic (exact) mass is 463 g/mol. The van der Waals surface area contributed by atoms with Gasteiger partial charge in [0.2, 0.25) is 15.9 Å². The first kappa shape index (κ1) is 22.2. The van der Waals surface area contributed by atoms with Gasteiger partial charge in [-0.05, 0) is 47.5 Å². The Kier molecular flexibility index (Phi) is 7.44. The van der Waals surface area contributed by atoms with E-state index in [4.69, 9.17) is 23.2 Å². The van der Waals surface area contributed by atoms with Crippen LogP contribution >= 0.6 is 23.2 Å². The molecule has 0 aliphatic rings. The van der Waals surface area contributed by atoms with Gasteiger partial charge in [0, 0.05) is 35.5 Å². The summed E-state index contributed by atoms with van der Waals surface area (Å²) in [4.78, 5) is 16.6. The summed E-state index contributed by atoms with van der Waals surface area (Å²) in [6, 6.07) is 16.3. The summed E-state index contributed by atoms with van der Waals surface area (Å²) in [5, 5.41) is 3.50. The first-order valence-corrected chi connectivity index (χ1v) is 11.2. The minimum Gasteiger partial charge on any atom is -0.351 e. The molecule has 0 aliphatic heterocycles. The summed E-state index contributed by atoms with van der Waals surface area (Å²) in [5.41, 5.74) is 1.40. The number of aromatic nitrogens is 1. The molecular formula is C21H19Cl2N3O3S. The van der Waals surface area contributed by atoms with Crippen molar-refractivity contribution < 1.29 is 13.2 Å². The molecule has 30 heavy (non-hydrogen) atoms. The van der Waals surface area contributed by atoms with E-state index < -0.39 is 15.9 Å². The number of pyridine rings is 1. The standard InChI is InChI=1S/C21H19Cl2N3O3S/c22-18-7-6-17(20(23)12-18)14-26(30(28,29)19-4-2-1-3-5-19)15-21(27)25-13-16-8-10-24-11-9-16/h1-12H,13-15H2,(H,25,27). The number of hydrogen-bond acceptors (Lipinski definition) is 4. The molecule has 0 unspecified atom stereocenters. The number of nitrogens with zero attached hydrogens (tertiary/aromatic N) is 2. The molecular weight excluding hydrogens is 445 g/mol. The summed E-state index contributed by atoms with van der Waals surface area (Å²) in [6.45, 7) is -0.167. The SMILES string of the molecule is O=C(CN(Cc1ccc(Cl)cc1Cl)S(=O)(=O)c1ccccc1)NCc1ccncc1. The molecule has 0 saturated heterocycles. The van der Waals surface area contributed by atoms with Crippen molar-refractivity contribution in [1.29, 1.82) is 0 Å². The zero-order chi connectivity index (χ0) is 21.6. The van der Waals surface area contributed by atoms with Gasteiger partial charge in [0.1, 0.15) is 0 Å². The van der Waals surface area contributed by atoms with E-state index in [0.29, 0.717) is 15.6 Å². The average Bonchev–Trinajstić information content (AvgIpc) is 2.75. The maximum Gasteiger partial charge on any atom is 0.243 e. The molecule has 0 aliphatic carbocycles. The molecule has 0 atom stereocenters. The molecule has 1 N–H and O–H groups in total. The van der Waals surface area contributed by atoms with E-state index >= 15 is 0 Å². The first-order chi connectivity index (χ1) is 14.4. The Balaban J connectivity index is 1.82. The van der Waals surface area contributed by atoms with Crippen LogP contribution in [0.4, 0.5) is 0 Å². The lowest BCUT2D eigenvalue weighted by Crippen LogP contribution is -2.40.